The molecule has 6 nitrogen and oxygen atoms in total. The van der Waals surface area contributed by atoms with E-state index in [1.54, 1.807) is 42.4 Å². The summed E-state index contributed by atoms with van der Waals surface area (Å²) in [6, 6.07) is 20.6. The highest BCUT2D eigenvalue weighted by Gasteiger charge is 2.15. The van der Waals surface area contributed by atoms with Crippen LogP contribution in [0.4, 0.5) is 10.5 Å². The highest BCUT2D eigenvalue weighted by molar-refractivity contribution is 5.89. The smallest absolute Gasteiger partial charge is 0.322 e. The Morgan fingerprint density at radius 1 is 1.23 bits per heavy atom. The predicted octanol–water partition coefficient (Wildman–Crippen LogP) is 4.64. The first-order valence-electron chi connectivity index (χ1n) is 9.57. The number of aromatic nitrogens is 1. The Bertz CT molecular complexity index is 1060. The zero-order chi connectivity index (χ0) is 21.3. The van der Waals surface area contributed by atoms with Gasteiger partial charge in [0.05, 0.1) is 25.3 Å². The molecule has 0 bridgehead atoms. The van der Waals surface area contributed by atoms with Crippen LogP contribution in [0.25, 0.3) is 0 Å². The van der Waals surface area contributed by atoms with Crippen molar-refractivity contribution in [2.75, 3.05) is 19.0 Å². The normalized spacial score (nSPS) is 10.1. The largest absolute Gasteiger partial charge is 0.497 e. The molecular formula is C24H24N4O2. The van der Waals surface area contributed by atoms with Crippen LogP contribution in [-0.2, 0) is 13.1 Å². The molecule has 0 aliphatic rings. The second-order valence-electron chi connectivity index (χ2n) is 6.77. The van der Waals surface area contributed by atoms with Crippen molar-refractivity contribution >= 4 is 11.7 Å². The van der Waals surface area contributed by atoms with Crippen molar-refractivity contribution in [2.45, 2.75) is 13.1 Å². The number of rotatable bonds is 8. The van der Waals surface area contributed by atoms with E-state index in [4.69, 9.17) is 10.00 Å². The predicted molar refractivity (Wildman–Crippen MR) is 117 cm³/mol. The average molecular weight is 400 g/mol. The average Bonchev–Trinajstić information content (AvgIpc) is 3.20. The standard InChI is InChI=1S/C24H24N4O2/c1-3-12-28(24(29)26-21-9-4-7-19(14-21)16-25)18-22-10-6-13-27(22)17-20-8-5-11-23(15-20)30-2/h3-11,13-15H,1,12,17-18H2,2H3,(H,26,29). The second-order valence-corrected chi connectivity index (χ2v) is 6.77. The molecule has 0 fully saturated rings. The summed E-state index contributed by atoms with van der Waals surface area (Å²) < 4.78 is 7.41. The van der Waals surface area contributed by atoms with E-state index in [9.17, 15) is 4.79 Å². The van der Waals surface area contributed by atoms with Gasteiger partial charge in [-0.15, -0.1) is 6.58 Å². The maximum atomic E-state index is 12.8. The summed E-state index contributed by atoms with van der Waals surface area (Å²) in [4.78, 5) is 14.5. The minimum atomic E-state index is -0.251. The number of anilines is 1. The molecule has 0 unspecified atom stereocenters. The summed E-state index contributed by atoms with van der Waals surface area (Å²) in [5.41, 5.74) is 3.19. The highest BCUT2D eigenvalue weighted by atomic mass is 16.5. The Morgan fingerprint density at radius 3 is 2.83 bits per heavy atom. The molecule has 0 aliphatic heterocycles. The molecule has 2 aromatic carbocycles. The molecule has 0 spiro atoms. The maximum absolute atomic E-state index is 12.8. The van der Waals surface area contributed by atoms with Crippen LogP contribution in [0.5, 0.6) is 5.75 Å². The first kappa shape index (κ1) is 20.7. The minimum Gasteiger partial charge on any atom is -0.497 e. The maximum Gasteiger partial charge on any atom is 0.322 e. The number of benzene rings is 2. The summed E-state index contributed by atoms with van der Waals surface area (Å²) in [5, 5.41) is 11.9. The number of carbonyl (C=O) groups is 1. The van der Waals surface area contributed by atoms with Crippen molar-refractivity contribution in [2.24, 2.45) is 0 Å². The zero-order valence-corrected chi connectivity index (χ0v) is 16.9. The Labute approximate surface area is 176 Å². The van der Waals surface area contributed by atoms with Gasteiger partial charge in [-0.3, -0.25) is 0 Å². The zero-order valence-electron chi connectivity index (χ0n) is 16.9. The van der Waals surface area contributed by atoms with E-state index >= 15 is 0 Å². The third kappa shape index (κ3) is 5.30. The molecule has 0 saturated heterocycles. The van der Waals surface area contributed by atoms with E-state index < -0.39 is 0 Å². The molecule has 152 valence electrons. The first-order valence-corrected chi connectivity index (χ1v) is 9.57. The van der Waals surface area contributed by atoms with Crippen LogP contribution in [0.15, 0.2) is 79.5 Å². The summed E-state index contributed by atoms with van der Waals surface area (Å²) in [6.07, 6.45) is 3.69. The number of urea groups is 1. The van der Waals surface area contributed by atoms with Crippen molar-refractivity contribution in [1.82, 2.24) is 9.47 Å². The molecule has 2 amide bonds. The number of hydrogen-bond donors (Lipinski definition) is 1. The van der Waals surface area contributed by atoms with E-state index in [1.807, 2.05) is 42.6 Å². The molecule has 1 heterocycles. The third-order valence-corrected chi connectivity index (χ3v) is 4.64. The van der Waals surface area contributed by atoms with Crippen LogP contribution in [-0.4, -0.2) is 29.2 Å². The van der Waals surface area contributed by atoms with Gasteiger partial charge in [-0.2, -0.15) is 5.26 Å². The summed E-state index contributed by atoms with van der Waals surface area (Å²) in [7, 11) is 1.65. The Kier molecular flexibility index (Phi) is 6.91. The van der Waals surface area contributed by atoms with E-state index in [1.165, 1.54) is 0 Å². The molecule has 1 N–H and O–H groups in total. The Morgan fingerprint density at radius 2 is 2.07 bits per heavy atom. The van der Waals surface area contributed by atoms with Gasteiger partial charge in [0.15, 0.2) is 0 Å². The summed E-state index contributed by atoms with van der Waals surface area (Å²) >= 11 is 0. The molecule has 0 atom stereocenters. The van der Waals surface area contributed by atoms with Gasteiger partial charge >= 0.3 is 6.03 Å². The molecular weight excluding hydrogens is 376 g/mol. The fraction of sp³-hybridized carbons (Fsp3) is 0.167. The van der Waals surface area contributed by atoms with Crippen molar-refractivity contribution in [3.8, 4) is 11.8 Å². The second kappa shape index (κ2) is 9.99. The number of nitrogens with zero attached hydrogens (tertiary/aromatic N) is 3. The minimum absolute atomic E-state index is 0.251. The van der Waals surface area contributed by atoms with Gasteiger partial charge in [-0.05, 0) is 48.0 Å². The molecule has 3 aromatic rings. The van der Waals surface area contributed by atoms with Crippen LogP contribution in [0.3, 0.4) is 0 Å². The third-order valence-electron chi connectivity index (χ3n) is 4.64. The van der Waals surface area contributed by atoms with Gasteiger partial charge in [0, 0.05) is 30.7 Å². The van der Waals surface area contributed by atoms with E-state index in [2.05, 4.69) is 22.5 Å². The fourth-order valence-corrected chi connectivity index (χ4v) is 3.15. The summed E-state index contributed by atoms with van der Waals surface area (Å²) in [6.45, 7) is 5.26. The van der Waals surface area contributed by atoms with E-state index in [0.717, 1.165) is 17.0 Å². The molecule has 0 radical (unpaired) electrons. The lowest BCUT2D eigenvalue weighted by atomic mass is 10.2. The number of amides is 2. The molecule has 1 aromatic heterocycles. The van der Waals surface area contributed by atoms with Crippen molar-refractivity contribution in [3.05, 3.63) is 96.3 Å². The van der Waals surface area contributed by atoms with Crippen molar-refractivity contribution < 1.29 is 9.53 Å². The van der Waals surface area contributed by atoms with Gasteiger partial charge < -0.3 is 19.5 Å². The number of methoxy groups -OCH3 is 1. The first-order chi connectivity index (χ1) is 14.6. The summed E-state index contributed by atoms with van der Waals surface area (Å²) in [5.74, 6) is 0.813. The van der Waals surface area contributed by atoms with Crippen LogP contribution in [0.2, 0.25) is 0 Å². The quantitative estimate of drug-likeness (QED) is 0.560. The number of carbonyl (C=O) groups excluding carboxylic acids is 1. The Balaban J connectivity index is 1.73. The van der Waals surface area contributed by atoms with Gasteiger partial charge in [-0.1, -0.05) is 24.3 Å². The molecule has 3 rings (SSSR count). The Hall–Kier alpha value is -3.98. The monoisotopic (exact) mass is 400 g/mol. The fourth-order valence-electron chi connectivity index (χ4n) is 3.15. The van der Waals surface area contributed by atoms with Crippen molar-refractivity contribution in [3.63, 3.8) is 0 Å². The van der Waals surface area contributed by atoms with Gasteiger partial charge in [0.1, 0.15) is 5.75 Å². The number of nitrogens with one attached hydrogen (secondary N) is 1. The number of nitriles is 1. The van der Waals surface area contributed by atoms with Gasteiger partial charge in [0.25, 0.3) is 0 Å². The lowest BCUT2D eigenvalue weighted by molar-refractivity contribution is 0.214. The van der Waals surface area contributed by atoms with E-state index in [-0.39, 0.29) is 6.03 Å². The van der Waals surface area contributed by atoms with E-state index in [0.29, 0.717) is 30.9 Å². The number of hydrogen-bond acceptors (Lipinski definition) is 3. The van der Waals surface area contributed by atoms with Crippen LogP contribution in [0.1, 0.15) is 16.8 Å². The lowest BCUT2D eigenvalue weighted by Crippen LogP contribution is -2.35. The number of ether oxygens (including phenoxy) is 1. The van der Waals surface area contributed by atoms with Gasteiger partial charge in [-0.25, -0.2) is 4.79 Å². The molecule has 30 heavy (non-hydrogen) atoms. The van der Waals surface area contributed by atoms with Crippen LogP contribution >= 0.6 is 0 Å². The van der Waals surface area contributed by atoms with Crippen LogP contribution < -0.4 is 10.1 Å². The van der Waals surface area contributed by atoms with Crippen LogP contribution in [0, 0.1) is 11.3 Å². The molecule has 6 heteroatoms. The van der Waals surface area contributed by atoms with Gasteiger partial charge in [0.2, 0.25) is 0 Å². The lowest BCUT2D eigenvalue weighted by Gasteiger charge is -2.23. The molecule has 0 aliphatic carbocycles. The SMILES string of the molecule is C=CCN(Cc1cccn1Cc1cccc(OC)c1)C(=O)Nc1cccc(C#N)c1. The van der Waals surface area contributed by atoms with Crippen molar-refractivity contribution in [1.29, 1.82) is 5.26 Å². The highest BCUT2D eigenvalue weighted by Crippen LogP contribution is 2.17. The topological polar surface area (TPSA) is 70.3 Å². The molecule has 0 saturated carbocycles.